The summed E-state index contributed by atoms with van der Waals surface area (Å²) in [5.74, 6) is -0.424. The number of dihydropyridines is 1. The van der Waals surface area contributed by atoms with Gasteiger partial charge in [-0.15, -0.1) is 0 Å². The van der Waals surface area contributed by atoms with Crippen LogP contribution in [0.3, 0.4) is 0 Å². The molecule has 0 spiro atoms. The molecule has 2 rings (SSSR count). The van der Waals surface area contributed by atoms with E-state index in [2.05, 4.69) is 33.4 Å². The van der Waals surface area contributed by atoms with Gasteiger partial charge in [-0.3, -0.25) is 0 Å². The molecule has 1 aromatic rings. The van der Waals surface area contributed by atoms with Gasteiger partial charge in [-0.2, -0.15) is 10.5 Å². The molecule has 3 nitrogen and oxygen atoms in total. The van der Waals surface area contributed by atoms with Crippen molar-refractivity contribution >= 4 is 32.6 Å². The number of halogens is 2. The highest BCUT2D eigenvalue weighted by Crippen LogP contribution is 2.33. The highest BCUT2D eigenvalue weighted by Gasteiger charge is 2.26. The molecule has 0 aliphatic carbocycles. The van der Waals surface area contributed by atoms with Gasteiger partial charge in [0, 0.05) is 20.9 Å². The number of nitrogens with zero attached hydrogens (tertiary/aromatic N) is 2. The molecule has 5 heteroatoms. The maximum Gasteiger partial charge on any atom is 0.0975 e. The molecule has 1 aliphatic heterocycles. The summed E-state index contributed by atoms with van der Waals surface area (Å²) in [4.78, 5) is 0. The van der Waals surface area contributed by atoms with Crippen molar-refractivity contribution in [1.29, 1.82) is 10.5 Å². The first-order chi connectivity index (χ1) is 10.5. The number of hydrogen-bond acceptors (Lipinski definition) is 3. The second kappa shape index (κ2) is 6.83. The number of benzene rings is 1. The fraction of sp³-hybridized carbons (Fsp3) is 0.176. The van der Waals surface area contributed by atoms with Crippen molar-refractivity contribution in [3.05, 3.63) is 62.9 Å². The lowest BCUT2D eigenvalue weighted by Crippen LogP contribution is -2.23. The van der Waals surface area contributed by atoms with E-state index in [9.17, 15) is 10.5 Å². The van der Waals surface area contributed by atoms with Crippen molar-refractivity contribution < 1.29 is 0 Å². The summed E-state index contributed by atoms with van der Waals surface area (Å²) in [7, 11) is 0. The fourth-order valence-corrected chi connectivity index (χ4v) is 2.87. The van der Waals surface area contributed by atoms with Crippen LogP contribution < -0.4 is 5.32 Å². The lowest BCUT2D eigenvalue weighted by Gasteiger charge is -2.24. The first-order valence-corrected chi connectivity index (χ1v) is 7.77. The predicted octanol–water partition coefficient (Wildman–Crippen LogP) is 4.84. The lowest BCUT2D eigenvalue weighted by atomic mass is 9.86. The summed E-state index contributed by atoms with van der Waals surface area (Å²) in [6.07, 6.45) is 1.76. The summed E-state index contributed by atoms with van der Waals surface area (Å²) < 4.78 is 0.962. The molecule has 0 atom stereocenters. The average Bonchev–Trinajstić information content (AvgIpc) is 2.48. The van der Waals surface area contributed by atoms with Gasteiger partial charge in [-0.05, 0) is 31.5 Å². The Labute approximate surface area is 143 Å². The third-order valence-electron chi connectivity index (χ3n) is 3.48. The van der Waals surface area contributed by atoms with E-state index < -0.39 is 5.92 Å². The number of nitriles is 2. The molecule has 0 aromatic heterocycles. The van der Waals surface area contributed by atoms with Crippen LogP contribution in [0.2, 0.25) is 0 Å². The molecule has 0 radical (unpaired) electrons. The lowest BCUT2D eigenvalue weighted by molar-refractivity contribution is 0.799. The van der Waals surface area contributed by atoms with E-state index in [0.717, 1.165) is 21.4 Å². The Morgan fingerprint density at radius 2 is 1.64 bits per heavy atom. The summed E-state index contributed by atoms with van der Waals surface area (Å²) in [6, 6.07) is 11.9. The minimum atomic E-state index is -0.424. The van der Waals surface area contributed by atoms with E-state index >= 15 is 0 Å². The molecular formula is C17H13BrClN3. The monoisotopic (exact) mass is 373 g/mol. The highest BCUT2D eigenvalue weighted by atomic mass is 79.9. The number of hydrogen-bond donors (Lipinski definition) is 1. The molecule has 0 bridgehead atoms. The number of nitrogens with one attached hydrogen (secondary N) is 1. The molecular weight excluding hydrogens is 362 g/mol. The predicted molar refractivity (Wildman–Crippen MR) is 91.2 cm³/mol. The molecule has 0 amide bonds. The van der Waals surface area contributed by atoms with E-state index in [1.807, 2.05) is 38.1 Å². The molecule has 1 aromatic carbocycles. The Morgan fingerprint density at radius 1 is 1.14 bits per heavy atom. The van der Waals surface area contributed by atoms with Crippen molar-refractivity contribution in [3.8, 4) is 12.1 Å². The minimum Gasteiger partial charge on any atom is -0.361 e. The third kappa shape index (κ3) is 3.25. The van der Waals surface area contributed by atoms with Crippen LogP contribution in [0, 0.1) is 28.6 Å². The van der Waals surface area contributed by atoms with Crippen molar-refractivity contribution in [1.82, 2.24) is 5.32 Å². The fourth-order valence-electron chi connectivity index (χ4n) is 2.35. The topological polar surface area (TPSA) is 59.6 Å². The van der Waals surface area contributed by atoms with Gasteiger partial charge in [-0.25, -0.2) is 0 Å². The van der Waals surface area contributed by atoms with Gasteiger partial charge in [0.1, 0.15) is 0 Å². The van der Waals surface area contributed by atoms with Gasteiger partial charge in [0.15, 0.2) is 0 Å². The van der Waals surface area contributed by atoms with Gasteiger partial charge in [-0.1, -0.05) is 45.7 Å². The Morgan fingerprint density at radius 3 is 2.09 bits per heavy atom. The van der Waals surface area contributed by atoms with Gasteiger partial charge in [0.05, 0.1) is 29.2 Å². The minimum absolute atomic E-state index is 0.424. The molecule has 1 heterocycles. The molecule has 0 saturated heterocycles. The third-order valence-corrected chi connectivity index (χ3v) is 4.35. The molecule has 1 aliphatic rings. The van der Waals surface area contributed by atoms with Crippen LogP contribution in [0.5, 0.6) is 0 Å². The zero-order valence-electron chi connectivity index (χ0n) is 12.1. The zero-order chi connectivity index (χ0) is 16.3. The summed E-state index contributed by atoms with van der Waals surface area (Å²) in [6.45, 7) is 3.65. The van der Waals surface area contributed by atoms with Crippen LogP contribution in [0.1, 0.15) is 19.4 Å². The molecule has 110 valence electrons. The Hall–Kier alpha value is -2.01. The zero-order valence-corrected chi connectivity index (χ0v) is 14.5. The van der Waals surface area contributed by atoms with Crippen molar-refractivity contribution in [2.24, 2.45) is 5.92 Å². The van der Waals surface area contributed by atoms with Crippen LogP contribution >= 0.6 is 27.5 Å². The second-order valence-corrected chi connectivity index (χ2v) is 6.25. The quantitative estimate of drug-likeness (QED) is 0.805. The second-order valence-electron chi connectivity index (χ2n) is 4.93. The standard InChI is InChI=1S/C17H13BrClN3/c1-10-15(8-20)14(16(9-21)11(2)22-10)7-17(19)12-3-5-13(18)6-4-12/h3-7,14,22H,1-2H3. The number of allylic oxidation sites excluding steroid dienone is 5. The first kappa shape index (κ1) is 16.4. The van der Waals surface area contributed by atoms with E-state index in [4.69, 9.17) is 11.6 Å². The van der Waals surface area contributed by atoms with Crippen LogP contribution in [0.15, 0.2) is 57.4 Å². The maximum absolute atomic E-state index is 9.39. The van der Waals surface area contributed by atoms with Gasteiger partial charge >= 0.3 is 0 Å². The van der Waals surface area contributed by atoms with Crippen LogP contribution in [0.4, 0.5) is 0 Å². The molecule has 0 saturated carbocycles. The van der Waals surface area contributed by atoms with E-state index in [1.54, 1.807) is 6.08 Å². The number of rotatable bonds is 2. The van der Waals surface area contributed by atoms with Crippen LogP contribution in [-0.2, 0) is 0 Å². The Balaban J connectivity index is 2.49. The van der Waals surface area contributed by atoms with Crippen LogP contribution in [-0.4, -0.2) is 0 Å². The van der Waals surface area contributed by atoms with Gasteiger partial charge < -0.3 is 5.32 Å². The molecule has 22 heavy (non-hydrogen) atoms. The largest absolute Gasteiger partial charge is 0.361 e. The van der Waals surface area contributed by atoms with E-state index in [-0.39, 0.29) is 0 Å². The normalized spacial score (nSPS) is 16.2. The SMILES string of the molecule is CC1=C(C#N)C(C=C(Cl)c2ccc(Br)cc2)C(C#N)=C(C)N1. The van der Waals surface area contributed by atoms with Crippen molar-refractivity contribution in [2.45, 2.75) is 13.8 Å². The highest BCUT2D eigenvalue weighted by molar-refractivity contribution is 9.10. The van der Waals surface area contributed by atoms with Gasteiger partial charge in [0.2, 0.25) is 0 Å². The smallest absolute Gasteiger partial charge is 0.0975 e. The van der Waals surface area contributed by atoms with Crippen LogP contribution in [0.25, 0.3) is 5.03 Å². The van der Waals surface area contributed by atoms with E-state index in [0.29, 0.717) is 16.2 Å². The molecule has 0 unspecified atom stereocenters. The van der Waals surface area contributed by atoms with Crippen molar-refractivity contribution in [2.75, 3.05) is 0 Å². The Kier molecular flexibility index (Phi) is 5.08. The van der Waals surface area contributed by atoms with Crippen molar-refractivity contribution in [3.63, 3.8) is 0 Å². The molecule has 1 N–H and O–H groups in total. The summed E-state index contributed by atoms with van der Waals surface area (Å²) >= 11 is 9.77. The summed E-state index contributed by atoms with van der Waals surface area (Å²) in [5, 5.41) is 22.4. The van der Waals surface area contributed by atoms with Gasteiger partial charge in [0.25, 0.3) is 0 Å². The van der Waals surface area contributed by atoms with E-state index in [1.165, 1.54) is 0 Å². The first-order valence-electron chi connectivity index (χ1n) is 6.60. The average molecular weight is 375 g/mol. The Bertz CT molecular complexity index is 738. The maximum atomic E-state index is 9.39. The summed E-state index contributed by atoms with van der Waals surface area (Å²) in [5.41, 5.74) is 3.36. The molecule has 0 fully saturated rings.